The van der Waals surface area contributed by atoms with E-state index in [4.69, 9.17) is 10.7 Å². The van der Waals surface area contributed by atoms with Crippen molar-refractivity contribution in [1.29, 1.82) is 0 Å². The lowest BCUT2D eigenvalue weighted by Crippen LogP contribution is -2.11. The summed E-state index contributed by atoms with van der Waals surface area (Å²) < 4.78 is 12.8. The van der Waals surface area contributed by atoms with Crippen molar-refractivity contribution >= 4 is 10.9 Å². The highest BCUT2D eigenvalue weighted by molar-refractivity contribution is 5.91. The van der Waals surface area contributed by atoms with Crippen LogP contribution in [0.15, 0.2) is 77.7 Å². The van der Waals surface area contributed by atoms with Gasteiger partial charge in [0.05, 0.1) is 22.6 Å². The van der Waals surface area contributed by atoms with Crippen LogP contribution in [0, 0.1) is 0 Å². The Hall–Kier alpha value is -3.31. The predicted octanol–water partition coefficient (Wildman–Crippen LogP) is 4.23. The summed E-state index contributed by atoms with van der Waals surface area (Å²) in [6.07, 6.45) is 1.59. The number of pyridine rings is 2. The predicted molar refractivity (Wildman–Crippen MR) is 106 cm³/mol. The van der Waals surface area contributed by atoms with E-state index in [1.54, 1.807) is 12.3 Å². The number of rotatable bonds is 4. The van der Waals surface area contributed by atoms with Gasteiger partial charge >= 0.3 is 0 Å². The number of nitrogens with two attached hydrogens (primary N) is 1. The molecule has 0 spiro atoms. The minimum atomic E-state index is -0.629. The van der Waals surface area contributed by atoms with Crippen LogP contribution in [0.25, 0.3) is 33.3 Å². The molecule has 0 bridgehead atoms. The Morgan fingerprint density at radius 2 is 1.74 bits per heavy atom. The van der Waals surface area contributed by atoms with Crippen molar-refractivity contribution in [3.05, 3.63) is 88.8 Å². The summed E-state index contributed by atoms with van der Waals surface area (Å²) in [4.78, 5) is 19.7. The number of halogens is 1. The molecule has 0 radical (unpaired) electrons. The summed E-state index contributed by atoms with van der Waals surface area (Å²) in [5, 5.41) is 0.538. The summed E-state index contributed by atoms with van der Waals surface area (Å²) in [6, 6.07) is 20.2. The fourth-order valence-corrected chi connectivity index (χ4v) is 3.15. The van der Waals surface area contributed by atoms with E-state index in [0.29, 0.717) is 10.9 Å². The number of hydrogen-bond acceptors (Lipinski definition) is 3. The second-order valence-electron chi connectivity index (χ2n) is 6.37. The van der Waals surface area contributed by atoms with E-state index in [1.165, 1.54) is 0 Å². The second-order valence-corrected chi connectivity index (χ2v) is 6.37. The lowest BCUT2D eigenvalue weighted by atomic mass is 9.96. The minimum Gasteiger partial charge on any atom is -0.328 e. The molecule has 0 aliphatic carbocycles. The number of alkyl halides is 1. The van der Waals surface area contributed by atoms with Crippen LogP contribution >= 0.6 is 0 Å². The zero-order valence-corrected chi connectivity index (χ0v) is 14.5. The van der Waals surface area contributed by atoms with Crippen LogP contribution in [0.4, 0.5) is 4.39 Å². The minimum absolute atomic E-state index is 0.173. The largest absolute Gasteiger partial charge is 0.328 e. The zero-order valence-electron chi connectivity index (χ0n) is 14.5. The molecule has 0 saturated heterocycles. The maximum Gasteiger partial charge on any atom is 0.257 e. The molecule has 3 N–H and O–H groups in total. The molecule has 2 aromatic carbocycles. The van der Waals surface area contributed by atoms with Crippen molar-refractivity contribution in [3.8, 4) is 22.4 Å². The van der Waals surface area contributed by atoms with Gasteiger partial charge in [-0.15, -0.1) is 0 Å². The number of aromatic nitrogens is 2. The molecule has 4 rings (SSSR count). The lowest BCUT2D eigenvalue weighted by Gasteiger charge is -2.13. The molecule has 2 heterocycles. The van der Waals surface area contributed by atoms with Gasteiger partial charge in [-0.1, -0.05) is 54.6 Å². The molecular formula is C22H18FN3O. The van der Waals surface area contributed by atoms with Crippen molar-refractivity contribution < 1.29 is 4.39 Å². The Morgan fingerprint density at radius 3 is 2.44 bits per heavy atom. The number of aromatic amines is 1. The molecule has 2 aromatic heterocycles. The quantitative estimate of drug-likeness (QED) is 0.573. The molecule has 0 saturated carbocycles. The standard InChI is InChI=1S/C22H18FN3O/c23-13-19(24)15-6-8-16(9-7-15)21-17(14-4-2-1-3-5-14)12-18-20(26-21)10-11-25-22(18)27/h1-12,19H,13,24H2,(H,25,27). The Bertz CT molecular complexity index is 1140. The van der Waals surface area contributed by atoms with E-state index >= 15 is 0 Å². The number of hydrogen-bond donors (Lipinski definition) is 2. The molecule has 1 atom stereocenters. The van der Waals surface area contributed by atoms with Gasteiger partial charge in [0.1, 0.15) is 6.67 Å². The van der Waals surface area contributed by atoms with Crippen molar-refractivity contribution in [2.45, 2.75) is 6.04 Å². The van der Waals surface area contributed by atoms with Gasteiger partial charge in [0.15, 0.2) is 0 Å². The summed E-state index contributed by atoms with van der Waals surface area (Å²) in [5.41, 5.74) is 10.4. The molecule has 134 valence electrons. The smallest absolute Gasteiger partial charge is 0.257 e. The van der Waals surface area contributed by atoms with E-state index in [1.807, 2.05) is 60.7 Å². The van der Waals surface area contributed by atoms with Crippen molar-refractivity contribution in [2.75, 3.05) is 6.67 Å². The first kappa shape index (κ1) is 17.1. The SMILES string of the molecule is NC(CF)c1ccc(-c2nc3cc[nH]c(=O)c3cc2-c2ccccc2)cc1. The Kier molecular flexibility index (Phi) is 4.52. The average molecular weight is 359 g/mol. The molecule has 1 unspecified atom stereocenters. The van der Waals surface area contributed by atoms with Gasteiger partial charge in [-0.05, 0) is 23.3 Å². The fourth-order valence-electron chi connectivity index (χ4n) is 3.15. The van der Waals surface area contributed by atoms with E-state index < -0.39 is 12.7 Å². The summed E-state index contributed by atoms with van der Waals surface area (Å²) in [6.45, 7) is -0.606. The second kappa shape index (κ2) is 7.13. The number of nitrogens with one attached hydrogen (secondary N) is 1. The molecule has 0 fully saturated rings. The van der Waals surface area contributed by atoms with Crippen LogP contribution in [0.3, 0.4) is 0 Å². The first-order valence-corrected chi connectivity index (χ1v) is 8.67. The number of fused-ring (bicyclic) bond motifs is 1. The van der Waals surface area contributed by atoms with Crippen LogP contribution in [-0.4, -0.2) is 16.6 Å². The first-order chi connectivity index (χ1) is 13.2. The first-order valence-electron chi connectivity index (χ1n) is 8.67. The normalized spacial score (nSPS) is 12.2. The summed E-state index contributed by atoms with van der Waals surface area (Å²) in [7, 11) is 0. The topological polar surface area (TPSA) is 71.8 Å². The van der Waals surface area contributed by atoms with E-state index in [9.17, 15) is 9.18 Å². The van der Waals surface area contributed by atoms with Crippen molar-refractivity contribution in [1.82, 2.24) is 9.97 Å². The fraction of sp³-hybridized carbons (Fsp3) is 0.0909. The molecular weight excluding hydrogens is 341 g/mol. The van der Waals surface area contributed by atoms with Gasteiger partial charge in [-0.25, -0.2) is 9.37 Å². The molecule has 27 heavy (non-hydrogen) atoms. The molecule has 0 aliphatic heterocycles. The van der Waals surface area contributed by atoms with Gasteiger partial charge in [-0.3, -0.25) is 4.79 Å². The van der Waals surface area contributed by atoms with E-state index in [2.05, 4.69) is 4.98 Å². The average Bonchev–Trinajstić information content (AvgIpc) is 2.73. The molecule has 0 amide bonds. The number of H-pyrrole nitrogens is 1. The highest BCUT2D eigenvalue weighted by Crippen LogP contribution is 2.33. The molecule has 4 aromatic rings. The third kappa shape index (κ3) is 3.25. The van der Waals surface area contributed by atoms with Crippen molar-refractivity contribution in [2.24, 2.45) is 5.73 Å². The third-order valence-electron chi connectivity index (χ3n) is 4.62. The molecule has 5 heteroatoms. The number of benzene rings is 2. The van der Waals surface area contributed by atoms with Gasteiger partial charge in [-0.2, -0.15) is 0 Å². The highest BCUT2D eigenvalue weighted by Gasteiger charge is 2.13. The Balaban J connectivity index is 1.94. The van der Waals surface area contributed by atoms with Gasteiger partial charge in [0, 0.05) is 17.3 Å². The van der Waals surface area contributed by atoms with Gasteiger partial charge in [0.25, 0.3) is 5.56 Å². The van der Waals surface area contributed by atoms with Gasteiger partial charge in [0.2, 0.25) is 0 Å². The third-order valence-corrected chi connectivity index (χ3v) is 4.62. The Morgan fingerprint density at radius 1 is 1.00 bits per heavy atom. The summed E-state index contributed by atoms with van der Waals surface area (Å²) in [5.74, 6) is 0. The van der Waals surface area contributed by atoms with Crippen LogP contribution in [-0.2, 0) is 0 Å². The van der Waals surface area contributed by atoms with Gasteiger partial charge < -0.3 is 10.7 Å². The van der Waals surface area contributed by atoms with Crippen LogP contribution in [0.2, 0.25) is 0 Å². The monoisotopic (exact) mass is 359 g/mol. The van der Waals surface area contributed by atoms with E-state index in [0.717, 1.165) is 27.9 Å². The van der Waals surface area contributed by atoms with E-state index in [-0.39, 0.29) is 5.56 Å². The lowest BCUT2D eigenvalue weighted by molar-refractivity contribution is 0.437. The molecule has 4 nitrogen and oxygen atoms in total. The van der Waals surface area contributed by atoms with Crippen LogP contribution in [0.5, 0.6) is 0 Å². The zero-order chi connectivity index (χ0) is 18.8. The summed E-state index contributed by atoms with van der Waals surface area (Å²) >= 11 is 0. The molecule has 0 aliphatic rings. The maximum atomic E-state index is 12.8. The van der Waals surface area contributed by atoms with Crippen LogP contribution < -0.4 is 11.3 Å². The van der Waals surface area contributed by atoms with Crippen LogP contribution in [0.1, 0.15) is 11.6 Å². The highest BCUT2D eigenvalue weighted by atomic mass is 19.1. The van der Waals surface area contributed by atoms with Crippen molar-refractivity contribution in [3.63, 3.8) is 0 Å². The maximum absolute atomic E-state index is 12.8. The number of nitrogens with zero attached hydrogens (tertiary/aromatic N) is 1. The Labute approximate surface area is 155 Å².